The molecule has 1 heterocycles. The molecule has 0 saturated heterocycles. The summed E-state index contributed by atoms with van der Waals surface area (Å²) < 4.78 is 9.67. The van der Waals surface area contributed by atoms with E-state index in [-0.39, 0.29) is 11.9 Å². The van der Waals surface area contributed by atoms with Crippen LogP contribution in [0.15, 0.2) is 42.5 Å². The molecule has 3 rings (SSSR count). The summed E-state index contributed by atoms with van der Waals surface area (Å²) in [4.78, 5) is 37.7. The summed E-state index contributed by atoms with van der Waals surface area (Å²) in [5.41, 5.74) is 3.84. The van der Waals surface area contributed by atoms with Crippen molar-refractivity contribution in [1.29, 1.82) is 0 Å². The molecule has 7 nitrogen and oxygen atoms in total. The fourth-order valence-corrected chi connectivity index (χ4v) is 3.81. The molecular formula is C25H30N2O5. The van der Waals surface area contributed by atoms with Crippen LogP contribution in [0.1, 0.15) is 65.3 Å². The van der Waals surface area contributed by atoms with Gasteiger partial charge in [0, 0.05) is 35.5 Å². The van der Waals surface area contributed by atoms with Crippen molar-refractivity contribution in [2.24, 2.45) is 0 Å². The number of nitrogens with one attached hydrogen (secondary N) is 1. The van der Waals surface area contributed by atoms with E-state index in [1.807, 2.05) is 25.1 Å². The van der Waals surface area contributed by atoms with E-state index in [1.54, 1.807) is 29.2 Å². The Hall–Kier alpha value is -3.35. The van der Waals surface area contributed by atoms with Gasteiger partial charge in [0.05, 0.1) is 25.8 Å². The topological polar surface area (TPSA) is 84.9 Å². The molecular weight excluding hydrogens is 408 g/mol. The summed E-state index contributed by atoms with van der Waals surface area (Å²) in [5.74, 6) is -0.576. The lowest BCUT2D eigenvalue weighted by molar-refractivity contribution is -0.143. The van der Waals surface area contributed by atoms with Crippen LogP contribution in [0.25, 0.3) is 0 Å². The number of anilines is 2. The SMILES string of the molecule is CCOC(=O)CCCCCCNc1cccc2c1CN(c1ccc(C(=O)OC)cc1)C2=O. The Bertz CT molecular complexity index is 955. The molecule has 0 unspecified atom stereocenters. The summed E-state index contributed by atoms with van der Waals surface area (Å²) in [6.07, 6.45) is 4.32. The van der Waals surface area contributed by atoms with Crippen LogP contribution in [0.4, 0.5) is 11.4 Å². The lowest BCUT2D eigenvalue weighted by Gasteiger charge is -2.16. The molecule has 0 fully saturated rings. The first kappa shape index (κ1) is 23.3. The molecule has 1 amide bonds. The number of methoxy groups -OCH3 is 1. The second kappa shape index (κ2) is 11.3. The zero-order valence-electron chi connectivity index (χ0n) is 18.7. The van der Waals surface area contributed by atoms with E-state index in [0.717, 1.165) is 49.2 Å². The summed E-state index contributed by atoms with van der Waals surface area (Å²) in [5, 5.41) is 3.46. The number of benzene rings is 2. The van der Waals surface area contributed by atoms with Gasteiger partial charge in [-0.2, -0.15) is 0 Å². The maximum atomic E-state index is 12.9. The predicted octanol–water partition coefficient (Wildman–Crippen LogP) is 4.56. The molecule has 7 heteroatoms. The average molecular weight is 439 g/mol. The van der Waals surface area contributed by atoms with Gasteiger partial charge in [0.25, 0.3) is 5.91 Å². The first-order valence-electron chi connectivity index (χ1n) is 11.1. The smallest absolute Gasteiger partial charge is 0.337 e. The average Bonchev–Trinajstić information content (AvgIpc) is 3.15. The van der Waals surface area contributed by atoms with Crippen molar-refractivity contribution >= 4 is 29.2 Å². The van der Waals surface area contributed by atoms with Crippen LogP contribution < -0.4 is 10.2 Å². The predicted molar refractivity (Wildman–Crippen MR) is 123 cm³/mol. The van der Waals surface area contributed by atoms with E-state index in [9.17, 15) is 14.4 Å². The first-order chi connectivity index (χ1) is 15.5. The lowest BCUT2D eigenvalue weighted by Crippen LogP contribution is -2.23. The molecule has 32 heavy (non-hydrogen) atoms. The number of rotatable bonds is 11. The Morgan fingerprint density at radius 3 is 2.50 bits per heavy atom. The number of amides is 1. The number of carbonyl (C=O) groups is 3. The molecule has 2 aromatic rings. The summed E-state index contributed by atoms with van der Waals surface area (Å²) >= 11 is 0. The zero-order valence-corrected chi connectivity index (χ0v) is 18.7. The van der Waals surface area contributed by atoms with Gasteiger partial charge in [-0.15, -0.1) is 0 Å². The third-order valence-electron chi connectivity index (χ3n) is 5.50. The van der Waals surface area contributed by atoms with Crippen molar-refractivity contribution in [1.82, 2.24) is 0 Å². The number of unbranched alkanes of at least 4 members (excludes halogenated alkanes) is 3. The monoisotopic (exact) mass is 438 g/mol. The maximum absolute atomic E-state index is 12.9. The van der Waals surface area contributed by atoms with E-state index < -0.39 is 5.97 Å². The fourth-order valence-electron chi connectivity index (χ4n) is 3.81. The van der Waals surface area contributed by atoms with Crippen LogP contribution in [0.5, 0.6) is 0 Å². The Balaban J connectivity index is 1.53. The third kappa shape index (κ3) is 5.66. The maximum Gasteiger partial charge on any atom is 0.337 e. The quantitative estimate of drug-likeness (QED) is 0.409. The van der Waals surface area contributed by atoms with Gasteiger partial charge in [-0.25, -0.2) is 4.79 Å². The van der Waals surface area contributed by atoms with Crippen LogP contribution in [0.3, 0.4) is 0 Å². The van der Waals surface area contributed by atoms with Gasteiger partial charge in [-0.1, -0.05) is 18.9 Å². The van der Waals surface area contributed by atoms with Crippen molar-refractivity contribution in [2.45, 2.75) is 45.6 Å². The number of nitrogens with zero attached hydrogens (tertiary/aromatic N) is 1. The Labute approximate surface area is 188 Å². The third-order valence-corrected chi connectivity index (χ3v) is 5.50. The first-order valence-corrected chi connectivity index (χ1v) is 11.1. The van der Waals surface area contributed by atoms with Crippen LogP contribution in [0.2, 0.25) is 0 Å². The highest BCUT2D eigenvalue weighted by Crippen LogP contribution is 2.33. The highest BCUT2D eigenvalue weighted by atomic mass is 16.5. The van der Waals surface area contributed by atoms with Crippen molar-refractivity contribution in [3.8, 4) is 0 Å². The molecule has 0 bridgehead atoms. The molecule has 1 aliphatic heterocycles. The lowest BCUT2D eigenvalue weighted by atomic mass is 10.1. The molecule has 0 saturated carbocycles. The van der Waals surface area contributed by atoms with Gasteiger partial charge in [0.15, 0.2) is 0 Å². The highest BCUT2D eigenvalue weighted by Gasteiger charge is 2.30. The van der Waals surface area contributed by atoms with E-state index in [4.69, 9.17) is 9.47 Å². The largest absolute Gasteiger partial charge is 0.466 e. The summed E-state index contributed by atoms with van der Waals surface area (Å²) in [6, 6.07) is 12.6. The van der Waals surface area contributed by atoms with E-state index >= 15 is 0 Å². The van der Waals surface area contributed by atoms with Gasteiger partial charge in [-0.3, -0.25) is 9.59 Å². The van der Waals surface area contributed by atoms with Crippen LogP contribution in [-0.2, 0) is 20.8 Å². The van der Waals surface area contributed by atoms with E-state index in [1.165, 1.54) is 7.11 Å². The molecule has 2 aromatic carbocycles. The van der Waals surface area contributed by atoms with Gasteiger partial charge in [0.2, 0.25) is 0 Å². The Morgan fingerprint density at radius 1 is 1.03 bits per heavy atom. The van der Waals surface area contributed by atoms with Gasteiger partial charge >= 0.3 is 11.9 Å². The highest BCUT2D eigenvalue weighted by molar-refractivity contribution is 6.11. The minimum absolute atomic E-state index is 0.0477. The number of fused-ring (bicyclic) bond motifs is 1. The standard InChI is InChI=1S/C25H30N2O5/c1-3-32-23(28)11-6-4-5-7-16-26-22-10-8-9-20-21(22)17-27(24(20)29)19-14-12-18(13-15-19)25(30)31-2/h8-10,12-15,26H,3-7,11,16-17H2,1-2H3. The number of ether oxygens (including phenoxy) is 2. The molecule has 0 aromatic heterocycles. The molecule has 170 valence electrons. The Morgan fingerprint density at radius 2 is 1.78 bits per heavy atom. The van der Waals surface area contributed by atoms with Gasteiger partial charge in [-0.05, 0) is 56.2 Å². The summed E-state index contributed by atoms with van der Waals surface area (Å²) in [6.45, 7) is 3.53. The summed E-state index contributed by atoms with van der Waals surface area (Å²) in [7, 11) is 1.34. The van der Waals surface area contributed by atoms with Crippen LogP contribution in [0, 0.1) is 0 Å². The molecule has 0 radical (unpaired) electrons. The zero-order chi connectivity index (χ0) is 22.9. The van der Waals surface area contributed by atoms with Crippen molar-refractivity contribution in [2.75, 3.05) is 30.5 Å². The van der Waals surface area contributed by atoms with E-state index in [0.29, 0.717) is 30.7 Å². The number of esters is 2. The second-order valence-corrected chi connectivity index (χ2v) is 7.66. The van der Waals surface area contributed by atoms with Crippen LogP contribution in [-0.4, -0.2) is 38.1 Å². The van der Waals surface area contributed by atoms with Crippen molar-refractivity contribution < 1.29 is 23.9 Å². The molecule has 1 aliphatic rings. The van der Waals surface area contributed by atoms with Crippen molar-refractivity contribution in [3.05, 3.63) is 59.2 Å². The fraction of sp³-hybridized carbons (Fsp3) is 0.400. The minimum Gasteiger partial charge on any atom is -0.466 e. The second-order valence-electron chi connectivity index (χ2n) is 7.66. The van der Waals surface area contributed by atoms with E-state index in [2.05, 4.69) is 5.32 Å². The number of hydrogen-bond donors (Lipinski definition) is 1. The minimum atomic E-state index is -0.403. The number of hydrogen-bond acceptors (Lipinski definition) is 6. The van der Waals surface area contributed by atoms with Gasteiger partial charge in [0.1, 0.15) is 0 Å². The molecule has 1 N–H and O–H groups in total. The normalized spacial score (nSPS) is 12.4. The molecule has 0 spiro atoms. The molecule has 0 atom stereocenters. The van der Waals surface area contributed by atoms with Gasteiger partial charge < -0.3 is 19.7 Å². The Kier molecular flexibility index (Phi) is 8.25. The molecule has 0 aliphatic carbocycles. The van der Waals surface area contributed by atoms with Crippen molar-refractivity contribution in [3.63, 3.8) is 0 Å². The van der Waals surface area contributed by atoms with Crippen LogP contribution >= 0.6 is 0 Å². The number of carbonyl (C=O) groups excluding carboxylic acids is 3.